The van der Waals surface area contributed by atoms with Gasteiger partial charge in [0.1, 0.15) is 0 Å². The number of benzene rings is 1. The Morgan fingerprint density at radius 2 is 1.80 bits per heavy atom. The minimum absolute atomic E-state index is 0.235. The second kappa shape index (κ2) is 7.93. The minimum Gasteiger partial charge on any atom is -0.462 e. The summed E-state index contributed by atoms with van der Waals surface area (Å²) < 4.78 is 5.12. The van der Waals surface area contributed by atoms with Gasteiger partial charge in [-0.05, 0) is 31.9 Å². The standard InChI is InChI=1S/C17H25NO2/c1-2-20-17(19)15-12-8-9-13-16(15)18-14-10-6-4-3-5-7-11-14/h8-9,12-14,18H,2-7,10-11H2,1H3. The summed E-state index contributed by atoms with van der Waals surface area (Å²) in [5.41, 5.74) is 1.56. The van der Waals surface area contributed by atoms with Crippen molar-refractivity contribution in [2.24, 2.45) is 0 Å². The summed E-state index contributed by atoms with van der Waals surface area (Å²) in [5, 5.41) is 3.56. The smallest absolute Gasteiger partial charge is 0.340 e. The molecule has 1 aromatic rings. The Morgan fingerprint density at radius 3 is 2.50 bits per heavy atom. The highest BCUT2D eigenvalue weighted by molar-refractivity contribution is 5.95. The van der Waals surface area contributed by atoms with Crippen LogP contribution in [0.3, 0.4) is 0 Å². The zero-order chi connectivity index (χ0) is 14.2. The molecule has 0 aromatic heterocycles. The molecule has 0 bridgehead atoms. The van der Waals surface area contributed by atoms with Crippen LogP contribution in [0.15, 0.2) is 24.3 Å². The lowest BCUT2D eigenvalue weighted by molar-refractivity contribution is 0.0527. The number of anilines is 1. The summed E-state index contributed by atoms with van der Waals surface area (Å²) in [6.07, 6.45) is 8.97. The van der Waals surface area contributed by atoms with Crippen LogP contribution in [-0.4, -0.2) is 18.6 Å². The molecule has 0 heterocycles. The largest absolute Gasteiger partial charge is 0.462 e. The topological polar surface area (TPSA) is 38.3 Å². The third-order valence-corrected chi connectivity index (χ3v) is 3.89. The second-order valence-electron chi connectivity index (χ2n) is 5.45. The van der Waals surface area contributed by atoms with Crippen molar-refractivity contribution in [3.05, 3.63) is 29.8 Å². The highest BCUT2D eigenvalue weighted by Crippen LogP contribution is 2.23. The van der Waals surface area contributed by atoms with Crippen LogP contribution in [0.4, 0.5) is 5.69 Å². The van der Waals surface area contributed by atoms with Gasteiger partial charge in [0.15, 0.2) is 0 Å². The van der Waals surface area contributed by atoms with E-state index in [2.05, 4.69) is 5.32 Å². The minimum atomic E-state index is -0.235. The fourth-order valence-corrected chi connectivity index (χ4v) is 2.82. The zero-order valence-electron chi connectivity index (χ0n) is 12.4. The van der Waals surface area contributed by atoms with Crippen molar-refractivity contribution >= 4 is 11.7 Å². The second-order valence-corrected chi connectivity index (χ2v) is 5.45. The number of carbonyl (C=O) groups excluding carboxylic acids is 1. The van der Waals surface area contributed by atoms with E-state index in [1.807, 2.05) is 31.2 Å². The van der Waals surface area contributed by atoms with E-state index in [1.165, 1.54) is 44.9 Å². The average molecular weight is 275 g/mol. The first kappa shape index (κ1) is 14.9. The lowest BCUT2D eigenvalue weighted by Gasteiger charge is -2.23. The first-order chi connectivity index (χ1) is 9.81. The SMILES string of the molecule is CCOC(=O)c1ccccc1NC1CCCCCCC1. The molecule has 3 nitrogen and oxygen atoms in total. The molecule has 2 rings (SSSR count). The van der Waals surface area contributed by atoms with E-state index in [0.29, 0.717) is 18.2 Å². The third kappa shape index (κ3) is 4.26. The predicted octanol–water partition coefficient (Wildman–Crippen LogP) is 4.39. The molecule has 1 aromatic carbocycles. The molecule has 0 amide bonds. The number of esters is 1. The maximum absolute atomic E-state index is 12.0. The first-order valence-corrected chi connectivity index (χ1v) is 7.84. The van der Waals surface area contributed by atoms with Crippen molar-refractivity contribution in [3.63, 3.8) is 0 Å². The van der Waals surface area contributed by atoms with Gasteiger partial charge in [-0.25, -0.2) is 4.79 Å². The molecule has 110 valence electrons. The van der Waals surface area contributed by atoms with E-state index >= 15 is 0 Å². The van der Waals surface area contributed by atoms with Crippen molar-refractivity contribution in [1.29, 1.82) is 0 Å². The van der Waals surface area contributed by atoms with Gasteiger partial charge in [0, 0.05) is 11.7 Å². The molecule has 1 saturated carbocycles. The number of hydrogen-bond donors (Lipinski definition) is 1. The lowest BCUT2D eigenvalue weighted by Crippen LogP contribution is -2.22. The van der Waals surface area contributed by atoms with Crippen molar-refractivity contribution < 1.29 is 9.53 Å². The molecular formula is C17H25NO2. The van der Waals surface area contributed by atoms with Crippen LogP contribution in [0, 0.1) is 0 Å². The van der Waals surface area contributed by atoms with Gasteiger partial charge < -0.3 is 10.1 Å². The van der Waals surface area contributed by atoms with E-state index in [0.717, 1.165) is 5.69 Å². The van der Waals surface area contributed by atoms with Crippen molar-refractivity contribution in [3.8, 4) is 0 Å². The summed E-state index contributed by atoms with van der Waals surface area (Å²) in [5.74, 6) is -0.235. The van der Waals surface area contributed by atoms with Gasteiger partial charge in [-0.1, -0.05) is 44.2 Å². The lowest BCUT2D eigenvalue weighted by atomic mass is 9.96. The Hall–Kier alpha value is -1.51. The first-order valence-electron chi connectivity index (χ1n) is 7.84. The predicted molar refractivity (Wildman–Crippen MR) is 82.1 cm³/mol. The quantitative estimate of drug-likeness (QED) is 0.828. The molecule has 1 aliphatic carbocycles. The van der Waals surface area contributed by atoms with Crippen LogP contribution in [0.25, 0.3) is 0 Å². The number of rotatable bonds is 4. The summed E-state index contributed by atoms with van der Waals surface area (Å²) in [6, 6.07) is 8.14. The summed E-state index contributed by atoms with van der Waals surface area (Å²) in [4.78, 5) is 12.0. The van der Waals surface area contributed by atoms with Gasteiger partial charge in [0.25, 0.3) is 0 Å². The highest BCUT2D eigenvalue weighted by atomic mass is 16.5. The van der Waals surface area contributed by atoms with E-state index < -0.39 is 0 Å². The van der Waals surface area contributed by atoms with Gasteiger partial charge in [-0.3, -0.25) is 0 Å². The Morgan fingerprint density at radius 1 is 1.15 bits per heavy atom. The van der Waals surface area contributed by atoms with Gasteiger partial charge in [-0.15, -0.1) is 0 Å². The highest BCUT2D eigenvalue weighted by Gasteiger charge is 2.16. The average Bonchev–Trinajstić information content (AvgIpc) is 2.42. The van der Waals surface area contributed by atoms with E-state index in [-0.39, 0.29) is 5.97 Å². The number of hydrogen-bond acceptors (Lipinski definition) is 3. The summed E-state index contributed by atoms with van der Waals surface area (Å²) in [6.45, 7) is 2.25. The van der Waals surface area contributed by atoms with Gasteiger partial charge in [0.05, 0.1) is 12.2 Å². The molecule has 20 heavy (non-hydrogen) atoms. The Labute approximate surface area is 121 Å². The molecule has 1 aliphatic rings. The number of carbonyl (C=O) groups is 1. The van der Waals surface area contributed by atoms with Gasteiger partial charge in [-0.2, -0.15) is 0 Å². The molecule has 0 spiro atoms. The summed E-state index contributed by atoms with van der Waals surface area (Å²) >= 11 is 0. The van der Waals surface area contributed by atoms with Crippen LogP contribution in [0.1, 0.15) is 62.2 Å². The Kier molecular flexibility index (Phi) is 5.90. The maximum atomic E-state index is 12.0. The normalized spacial score (nSPS) is 17.1. The molecule has 0 saturated heterocycles. The molecule has 3 heteroatoms. The van der Waals surface area contributed by atoms with Crippen LogP contribution in [0.5, 0.6) is 0 Å². The Balaban J connectivity index is 2.05. The molecular weight excluding hydrogens is 250 g/mol. The van der Waals surface area contributed by atoms with Crippen molar-refractivity contribution in [2.75, 3.05) is 11.9 Å². The molecule has 0 radical (unpaired) electrons. The third-order valence-electron chi connectivity index (χ3n) is 3.89. The number of para-hydroxylation sites is 1. The van der Waals surface area contributed by atoms with Crippen LogP contribution < -0.4 is 5.32 Å². The van der Waals surface area contributed by atoms with Crippen LogP contribution in [-0.2, 0) is 4.74 Å². The van der Waals surface area contributed by atoms with E-state index in [1.54, 1.807) is 0 Å². The Bertz CT molecular complexity index is 423. The fraction of sp³-hybridized carbons (Fsp3) is 0.588. The molecule has 1 fully saturated rings. The molecule has 0 atom stereocenters. The molecule has 1 N–H and O–H groups in total. The van der Waals surface area contributed by atoms with Gasteiger partial charge >= 0.3 is 5.97 Å². The monoisotopic (exact) mass is 275 g/mol. The molecule has 0 aliphatic heterocycles. The van der Waals surface area contributed by atoms with Crippen molar-refractivity contribution in [1.82, 2.24) is 0 Å². The zero-order valence-corrected chi connectivity index (χ0v) is 12.4. The van der Waals surface area contributed by atoms with Crippen LogP contribution >= 0.6 is 0 Å². The van der Waals surface area contributed by atoms with Gasteiger partial charge in [0.2, 0.25) is 0 Å². The number of ether oxygens (including phenoxy) is 1. The number of nitrogens with one attached hydrogen (secondary N) is 1. The maximum Gasteiger partial charge on any atom is 0.340 e. The van der Waals surface area contributed by atoms with Crippen LogP contribution in [0.2, 0.25) is 0 Å². The van der Waals surface area contributed by atoms with E-state index in [9.17, 15) is 4.79 Å². The fourth-order valence-electron chi connectivity index (χ4n) is 2.82. The summed E-state index contributed by atoms with van der Waals surface area (Å²) in [7, 11) is 0. The van der Waals surface area contributed by atoms with E-state index in [4.69, 9.17) is 4.74 Å². The molecule has 0 unspecified atom stereocenters. The van der Waals surface area contributed by atoms with Crippen molar-refractivity contribution in [2.45, 2.75) is 57.9 Å².